The van der Waals surface area contributed by atoms with Crippen molar-refractivity contribution >= 4 is 5.91 Å². The van der Waals surface area contributed by atoms with Gasteiger partial charge in [0.05, 0.1) is 6.61 Å². The highest BCUT2D eigenvalue weighted by Gasteiger charge is 2.21. The van der Waals surface area contributed by atoms with E-state index >= 15 is 0 Å². The quantitative estimate of drug-likeness (QED) is 0.797. The first-order valence-corrected chi connectivity index (χ1v) is 7.76. The second kappa shape index (κ2) is 7.85. The molecule has 0 spiro atoms. The van der Waals surface area contributed by atoms with Gasteiger partial charge in [-0.05, 0) is 5.56 Å². The summed E-state index contributed by atoms with van der Waals surface area (Å²) >= 11 is 0. The molecule has 1 unspecified atom stereocenters. The summed E-state index contributed by atoms with van der Waals surface area (Å²) in [4.78, 5) is 16.2. The van der Waals surface area contributed by atoms with Gasteiger partial charge in [0.15, 0.2) is 5.82 Å². The predicted molar refractivity (Wildman–Crippen MR) is 82.9 cm³/mol. The highest BCUT2D eigenvalue weighted by Crippen LogP contribution is 2.06. The molecule has 7 heteroatoms. The molecule has 3 rings (SSSR count). The number of carbonyl (C=O) groups is 1. The number of aromatic nitrogens is 2. The Bertz CT molecular complexity index is 623. The first-order chi connectivity index (χ1) is 11.3. The van der Waals surface area contributed by atoms with Crippen LogP contribution in [0.1, 0.15) is 17.3 Å². The van der Waals surface area contributed by atoms with Crippen LogP contribution in [0.2, 0.25) is 0 Å². The summed E-state index contributed by atoms with van der Waals surface area (Å²) in [6, 6.07) is 9.98. The molecule has 1 aromatic carbocycles. The predicted octanol–water partition coefficient (Wildman–Crippen LogP) is 0.307. The number of hydrogen-bond donors (Lipinski definition) is 2. The maximum atomic E-state index is 11.9. The van der Waals surface area contributed by atoms with Crippen LogP contribution in [0, 0.1) is 0 Å². The van der Waals surface area contributed by atoms with Gasteiger partial charge >= 0.3 is 0 Å². The molecular formula is C16H20N4O3. The molecule has 1 aromatic heterocycles. The number of benzene rings is 1. The van der Waals surface area contributed by atoms with Crippen LogP contribution >= 0.6 is 0 Å². The van der Waals surface area contributed by atoms with Crippen LogP contribution in [-0.4, -0.2) is 48.4 Å². The lowest BCUT2D eigenvalue weighted by Crippen LogP contribution is -2.48. The fourth-order valence-corrected chi connectivity index (χ4v) is 2.38. The van der Waals surface area contributed by atoms with E-state index in [1.165, 1.54) is 0 Å². The van der Waals surface area contributed by atoms with Crippen LogP contribution in [0.5, 0.6) is 0 Å². The molecule has 1 amide bonds. The van der Waals surface area contributed by atoms with Gasteiger partial charge in [0, 0.05) is 32.5 Å². The van der Waals surface area contributed by atoms with Crippen molar-refractivity contribution in [3.05, 3.63) is 47.6 Å². The molecule has 2 heterocycles. The highest BCUT2D eigenvalue weighted by atomic mass is 16.5. The summed E-state index contributed by atoms with van der Waals surface area (Å²) in [5, 5.41) is 9.92. The van der Waals surface area contributed by atoms with E-state index in [1.54, 1.807) is 0 Å². The summed E-state index contributed by atoms with van der Waals surface area (Å²) < 4.78 is 10.6. The van der Waals surface area contributed by atoms with Crippen molar-refractivity contribution in [3.8, 4) is 0 Å². The van der Waals surface area contributed by atoms with Gasteiger partial charge in [-0.25, -0.2) is 0 Å². The molecule has 1 fully saturated rings. The van der Waals surface area contributed by atoms with Crippen molar-refractivity contribution in [1.29, 1.82) is 0 Å². The third kappa shape index (κ3) is 4.61. The average molecular weight is 316 g/mol. The summed E-state index contributed by atoms with van der Waals surface area (Å²) in [5.74, 6) is 1.07. The lowest BCUT2D eigenvalue weighted by molar-refractivity contribution is -0.134. The fourth-order valence-electron chi connectivity index (χ4n) is 2.38. The maximum Gasteiger partial charge on any atom is 0.250 e. The molecule has 2 aromatic rings. The summed E-state index contributed by atoms with van der Waals surface area (Å²) in [5.41, 5.74) is 1.13. The SMILES string of the molecule is O=C(NCCc1nc(Cc2ccccc2)no1)C1CNCCO1. The number of carbonyl (C=O) groups excluding carboxylic acids is 1. The van der Waals surface area contributed by atoms with Gasteiger partial charge < -0.3 is 19.9 Å². The number of nitrogens with zero attached hydrogens (tertiary/aromatic N) is 2. The fraction of sp³-hybridized carbons (Fsp3) is 0.438. The van der Waals surface area contributed by atoms with Crippen LogP contribution in [0.4, 0.5) is 0 Å². The van der Waals surface area contributed by atoms with E-state index in [9.17, 15) is 4.79 Å². The van der Waals surface area contributed by atoms with E-state index in [-0.39, 0.29) is 5.91 Å². The number of ether oxygens (including phenoxy) is 1. The van der Waals surface area contributed by atoms with E-state index in [1.807, 2.05) is 30.3 Å². The molecule has 0 aliphatic carbocycles. The molecule has 0 saturated carbocycles. The van der Waals surface area contributed by atoms with Crippen LogP contribution < -0.4 is 10.6 Å². The molecule has 0 radical (unpaired) electrons. The Balaban J connectivity index is 1.43. The topological polar surface area (TPSA) is 89.3 Å². The van der Waals surface area contributed by atoms with Crippen LogP contribution in [-0.2, 0) is 22.4 Å². The van der Waals surface area contributed by atoms with Gasteiger partial charge in [-0.2, -0.15) is 4.98 Å². The lowest BCUT2D eigenvalue weighted by Gasteiger charge is -2.22. The third-order valence-corrected chi connectivity index (χ3v) is 3.57. The highest BCUT2D eigenvalue weighted by molar-refractivity contribution is 5.81. The Kier molecular flexibility index (Phi) is 5.33. The average Bonchev–Trinajstić information content (AvgIpc) is 3.04. The van der Waals surface area contributed by atoms with E-state index in [2.05, 4.69) is 20.8 Å². The van der Waals surface area contributed by atoms with Gasteiger partial charge in [0.1, 0.15) is 6.10 Å². The number of hydrogen-bond acceptors (Lipinski definition) is 6. The molecule has 1 atom stereocenters. The summed E-state index contributed by atoms with van der Waals surface area (Å²) in [6.07, 6.45) is 0.728. The standard InChI is InChI=1S/C16H20N4O3/c21-16(13-11-17-8-9-22-13)18-7-6-15-19-14(20-23-15)10-12-4-2-1-3-5-12/h1-5,13,17H,6-11H2,(H,18,21). The van der Waals surface area contributed by atoms with Crippen molar-refractivity contribution in [2.24, 2.45) is 0 Å². The molecule has 1 saturated heterocycles. The van der Waals surface area contributed by atoms with E-state index in [0.29, 0.717) is 44.3 Å². The second-order valence-corrected chi connectivity index (χ2v) is 5.37. The van der Waals surface area contributed by atoms with E-state index in [4.69, 9.17) is 9.26 Å². The van der Waals surface area contributed by atoms with Gasteiger partial charge in [0.25, 0.3) is 0 Å². The van der Waals surface area contributed by atoms with Crippen molar-refractivity contribution in [2.45, 2.75) is 18.9 Å². The normalized spacial score (nSPS) is 17.8. The smallest absolute Gasteiger partial charge is 0.250 e. The molecule has 122 valence electrons. The van der Waals surface area contributed by atoms with Gasteiger partial charge in [-0.1, -0.05) is 35.5 Å². The van der Waals surface area contributed by atoms with Crippen molar-refractivity contribution in [2.75, 3.05) is 26.2 Å². The monoisotopic (exact) mass is 316 g/mol. The van der Waals surface area contributed by atoms with Gasteiger partial charge in [0.2, 0.25) is 11.8 Å². The first-order valence-electron chi connectivity index (χ1n) is 7.76. The minimum absolute atomic E-state index is 0.110. The molecule has 1 aliphatic rings. The molecule has 0 bridgehead atoms. The zero-order valence-electron chi connectivity index (χ0n) is 12.8. The van der Waals surface area contributed by atoms with Gasteiger partial charge in [-0.3, -0.25) is 4.79 Å². The van der Waals surface area contributed by atoms with Crippen molar-refractivity contribution in [3.63, 3.8) is 0 Å². The maximum absolute atomic E-state index is 11.9. The minimum atomic E-state index is -0.417. The Labute approximate surface area is 134 Å². The Morgan fingerprint density at radius 1 is 1.35 bits per heavy atom. The van der Waals surface area contributed by atoms with E-state index < -0.39 is 6.10 Å². The Hall–Kier alpha value is -2.25. The Morgan fingerprint density at radius 3 is 3.00 bits per heavy atom. The molecular weight excluding hydrogens is 296 g/mol. The number of amides is 1. The first kappa shape index (κ1) is 15.6. The van der Waals surface area contributed by atoms with Gasteiger partial charge in [-0.15, -0.1) is 0 Å². The molecule has 23 heavy (non-hydrogen) atoms. The van der Waals surface area contributed by atoms with E-state index in [0.717, 1.165) is 12.1 Å². The van der Waals surface area contributed by atoms with Crippen LogP contribution in [0.25, 0.3) is 0 Å². The lowest BCUT2D eigenvalue weighted by atomic mass is 10.1. The molecule has 2 N–H and O–H groups in total. The molecule has 7 nitrogen and oxygen atoms in total. The summed E-state index contributed by atoms with van der Waals surface area (Å²) in [6.45, 7) is 2.35. The largest absolute Gasteiger partial charge is 0.366 e. The summed E-state index contributed by atoms with van der Waals surface area (Å²) in [7, 11) is 0. The van der Waals surface area contributed by atoms with Crippen LogP contribution in [0.3, 0.4) is 0 Å². The zero-order chi connectivity index (χ0) is 15.9. The Morgan fingerprint density at radius 2 is 2.22 bits per heavy atom. The number of morpholine rings is 1. The van der Waals surface area contributed by atoms with Crippen LogP contribution in [0.15, 0.2) is 34.9 Å². The number of rotatable bonds is 6. The number of nitrogens with one attached hydrogen (secondary N) is 2. The third-order valence-electron chi connectivity index (χ3n) is 3.57. The van der Waals surface area contributed by atoms with Crippen molar-refractivity contribution in [1.82, 2.24) is 20.8 Å². The van der Waals surface area contributed by atoms with Crippen molar-refractivity contribution < 1.29 is 14.1 Å². The minimum Gasteiger partial charge on any atom is -0.366 e. The zero-order valence-corrected chi connectivity index (χ0v) is 12.8. The molecule has 1 aliphatic heterocycles. The second-order valence-electron chi connectivity index (χ2n) is 5.37.